The molecule has 0 saturated carbocycles. The van der Waals surface area contributed by atoms with Gasteiger partial charge in [0.25, 0.3) is 0 Å². The highest BCUT2D eigenvalue weighted by Crippen LogP contribution is 2.38. The van der Waals surface area contributed by atoms with E-state index in [4.69, 9.17) is 21.1 Å². The van der Waals surface area contributed by atoms with E-state index in [2.05, 4.69) is 10.6 Å². The molecule has 224 valence electrons. The second kappa shape index (κ2) is 13.9. The fourth-order valence-electron chi connectivity index (χ4n) is 4.84. The third-order valence-electron chi connectivity index (χ3n) is 7.09. The third-order valence-corrected chi connectivity index (χ3v) is 7.51. The molecule has 42 heavy (non-hydrogen) atoms. The van der Waals surface area contributed by atoms with Crippen molar-refractivity contribution >= 4 is 29.5 Å². The number of nitrogens with zero attached hydrogens (tertiary/aromatic N) is 1. The number of rotatable bonds is 9. The summed E-state index contributed by atoms with van der Waals surface area (Å²) in [5.41, 5.74) is 2.90. The first-order valence-corrected chi connectivity index (χ1v) is 14.7. The summed E-state index contributed by atoms with van der Waals surface area (Å²) < 4.78 is 10.8. The zero-order valence-electron chi connectivity index (χ0n) is 24.4. The molecule has 3 N–H and O–H groups in total. The molecule has 4 rings (SSSR count). The summed E-state index contributed by atoms with van der Waals surface area (Å²) in [6.07, 6.45) is 0.880. The highest BCUT2D eigenvalue weighted by atomic mass is 35.5. The number of hydrogen-bond acceptors (Lipinski definition) is 6. The number of carbonyl (C=O) groups excluding carboxylic acids is 2. The van der Waals surface area contributed by atoms with Crippen LogP contribution in [-0.4, -0.2) is 47.4 Å². The summed E-state index contributed by atoms with van der Waals surface area (Å²) in [6.45, 7) is 7.85. The van der Waals surface area contributed by atoms with Crippen LogP contribution >= 0.6 is 11.6 Å². The smallest absolute Gasteiger partial charge is 0.410 e. The number of nitrogens with one attached hydrogen (secondary N) is 2. The number of amides is 2. The Hall–Kier alpha value is -3.75. The molecule has 0 aliphatic carbocycles. The average molecular weight is 594 g/mol. The molecule has 9 heteroatoms. The van der Waals surface area contributed by atoms with Gasteiger partial charge < -0.3 is 30.1 Å². The number of para-hydroxylation sites is 1. The second-order valence-corrected chi connectivity index (χ2v) is 12.1. The number of piperidine rings is 1. The predicted octanol–water partition coefficient (Wildman–Crippen LogP) is 6.60. The van der Waals surface area contributed by atoms with E-state index in [9.17, 15) is 14.7 Å². The summed E-state index contributed by atoms with van der Waals surface area (Å²) in [5, 5.41) is 15.9. The standard InChI is InChI=1S/C33H40ClN3O5/c1-32(2,3)42-30(38)36-22-26-12-9-13-27(20-26)33(34,40)28-14-7-8-15-29(28)35-21-24-16-18-37(19-17-24)31(39)41-23-25-10-5-4-6-11-25/h4-15,20,24,35,40H,16-19,21-23H2,1-3H3,(H,36,38)/t33-/m1/s1. The molecule has 1 saturated heterocycles. The first-order chi connectivity index (χ1) is 20.0. The molecule has 0 unspecified atom stereocenters. The van der Waals surface area contributed by atoms with Crippen molar-refractivity contribution in [2.75, 3.05) is 25.0 Å². The number of alkyl carbamates (subject to hydrolysis) is 1. The van der Waals surface area contributed by atoms with Crippen molar-refractivity contribution in [1.82, 2.24) is 10.2 Å². The SMILES string of the molecule is CC(C)(C)OC(=O)NCc1cccc([C@](O)(Cl)c2ccccc2NCC2CCN(C(=O)OCc3ccccc3)CC2)c1. The quantitative estimate of drug-likeness (QED) is 0.242. The van der Waals surface area contributed by atoms with Gasteiger partial charge in [0.05, 0.1) is 0 Å². The number of carbonyl (C=O) groups is 2. The van der Waals surface area contributed by atoms with Crippen LogP contribution in [0.25, 0.3) is 0 Å². The van der Waals surface area contributed by atoms with E-state index in [0.29, 0.717) is 36.7 Å². The molecule has 1 fully saturated rings. The molecule has 8 nitrogen and oxygen atoms in total. The minimum atomic E-state index is -1.79. The number of alkyl halides is 1. The number of halogens is 1. The van der Waals surface area contributed by atoms with Crippen LogP contribution in [0.4, 0.5) is 15.3 Å². The van der Waals surface area contributed by atoms with Crippen molar-refractivity contribution in [2.24, 2.45) is 5.92 Å². The molecule has 0 aromatic heterocycles. The van der Waals surface area contributed by atoms with Crippen molar-refractivity contribution < 1.29 is 24.2 Å². The Morgan fingerprint density at radius 2 is 1.62 bits per heavy atom. The van der Waals surface area contributed by atoms with Gasteiger partial charge >= 0.3 is 12.2 Å². The largest absolute Gasteiger partial charge is 0.445 e. The maximum absolute atomic E-state index is 12.5. The summed E-state index contributed by atoms with van der Waals surface area (Å²) in [6, 6.07) is 24.3. The Bertz CT molecular complexity index is 1330. The summed E-state index contributed by atoms with van der Waals surface area (Å²) in [7, 11) is 0. The Kier molecular flexibility index (Phi) is 10.4. The molecule has 1 heterocycles. The first-order valence-electron chi connectivity index (χ1n) is 14.3. The van der Waals surface area contributed by atoms with E-state index in [1.54, 1.807) is 49.9 Å². The van der Waals surface area contributed by atoms with Crippen LogP contribution in [0, 0.1) is 5.92 Å². The van der Waals surface area contributed by atoms with Crippen LogP contribution in [0.5, 0.6) is 0 Å². The number of anilines is 1. The van der Waals surface area contributed by atoms with Gasteiger partial charge in [0.15, 0.2) is 5.06 Å². The van der Waals surface area contributed by atoms with Crippen molar-refractivity contribution in [2.45, 2.75) is 57.4 Å². The minimum Gasteiger partial charge on any atom is -0.445 e. The van der Waals surface area contributed by atoms with Crippen LogP contribution in [0.15, 0.2) is 78.9 Å². The van der Waals surface area contributed by atoms with E-state index in [-0.39, 0.29) is 19.2 Å². The van der Waals surface area contributed by atoms with Crippen molar-refractivity contribution in [3.63, 3.8) is 0 Å². The molecular formula is C33H40ClN3O5. The minimum absolute atomic E-state index is 0.230. The fourth-order valence-corrected chi connectivity index (χ4v) is 5.12. The lowest BCUT2D eigenvalue weighted by Gasteiger charge is -2.32. The maximum atomic E-state index is 12.5. The molecular weight excluding hydrogens is 554 g/mol. The van der Waals surface area contributed by atoms with Crippen LogP contribution in [0.2, 0.25) is 0 Å². The van der Waals surface area contributed by atoms with Gasteiger partial charge in [-0.2, -0.15) is 0 Å². The van der Waals surface area contributed by atoms with Gasteiger partial charge in [0, 0.05) is 43.0 Å². The van der Waals surface area contributed by atoms with Gasteiger partial charge in [-0.1, -0.05) is 78.3 Å². The van der Waals surface area contributed by atoms with E-state index >= 15 is 0 Å². The number of hydrogen-bond donors (Lipinski definition) is 3. The fraction of sp³-hybridized carbons (Fsp3) is 0.394. The molecule has 0 spiro atoms. The Morgan fingerprint density at radius 1 is 0.952 bits per heavy atom. The van der Waals surface area contributed by atoms with Crippen molar-refractivity contribution in [1.29, 1.82) is 0 Å². The van der Waals surface area contributed by atoms with E-state index in [0.717, 1.165) is 29.7 Å². The number of aliphatic hydroxyl groups is 1. The molecule has 1 aliphatic heterocycles. The molecule has 2 amide bonds. The highest BCUT2D eigenvalue weighted by Gasteiger charge is 2.32. The Balaban J connectivity index is 1.32. The second-order valence-electron chi connectivity index (χ2n) is 11.6. The van der Waals surface area contributed by atoms with Crippen molar-refractivity contribution in [3.8, 4) is 0 Å². The third kappa shape index (κ3) is 8.87. The van der Waals surface area contributed by atoms with Crippen LogP contribution in [0.3, 0.4) is 0 Å². The predicted molar refractivity (Wildman–Crippen MR) is 164 cm³/mol. The van der Waals surface area contributed by atoms with E-state index in [1.165, 1.54) is 0 Å². The lowest BCUT2D eigenvalue weighted by atomic mass is 9.95. The Labute approximate surface area is 253 Å². The van der Waals surface area contributed by atoms with Gasteiger partial charge in [0.2, 0.25) is 0 Å². The molecule has 1 aliphatic rings. The normalized spacial score (nSPS) is 15.4. The lowest BCUT2D eigenvalue weighted by Crippen LogP contribution is -2.40. The van der Waals surface area contributed by atoms with Crippen LogP contribution in [0.1, 0.15) is 55.9 Å². The van der Waals surface area contributed by atoms with Crippen LogP contribution < -0.4 is 10.6 Å². The zero-order valence-corrected chi connectivity index (χ0v) is 25.2. The topological polar surface area (TPSA) is 100 Å². The van der Waals surface area contributed by atoms with Gasteiger partial charge in [-0.25, -0.2) is 9.59 Å². The maximum Gasteiger partial charge on any atom is 0.410 e. The first kappa shape index (κ1) is 31.2. The number of likely N-dealkylation sites (tertiary alicyclic amines) is 1. The number of ether oxygens (including phenoxy) is 2. The summed E-state index contributed by atoms with van der Waals surface area (Å²) in [5.74, 6) is 0.349. The Morgan fingerprint density at radius 3 is 2.33 bits per heavy atom. The van der Waals surface area contributed by atoms with Gasteiger partial charge in [-0.05, 0) is 62.8 Å². The van der Waals surface area contributed by atoms with Crippen molar-refractivity contribution in [3.05, 3.63) is 101 Å². The van der Waals surface area contributed by atoms with E-state index in [1.807, 2.05) is 54.6 Å². The average Bonchev–Trinajstić information content (AvgIpc) is 2.98. The molecule has 3 aromatic carbocycles. The van der Waals surface area contributed by atoms with Gasteiger partial charge in [0.1, 0.15) is 12.2 Å². The lowest BCUT2D eigenvalue weighted by molar-refractivity contribution is 0.0523. The van der Waals surface area contributed by atoms with E-state index < -0.39 is 16.8 Å². The van der Waals surface area contributed by atoms with Gasteiger partial charge in [-0.15, -0.1) is 0 Å². The summed E-state index contributed by atoms with van der Waals surface area (Å²) >= 11 is 6.81. The zero-order chi connectivity index (χ0) is 30.2. The summed E-state index contributed by atoms with van der Waals surface area (Å²) in [4.78, 5) is 26.4. The molecule has 0 bridgehead atoms. The highest BCUT2D eigenvalue weighted by molar-refractivity contribution is 6.25. The molecule has 0 radical (unpaired) electrons. The monoisotopic (exact) mass is 593 g/mol. The molecule has 3 aromatic rings. The number of benzene rings is 3. The molecule has 1 atom stereocenters. The van der Waals surface area contributed by atoms with Crippen LogP contribution in [-0.2, 0) is 27.7 Å². The van der Waals surface area contributed by atoms with Gasteiger partial charge in [-0.3, -0.25) is 0 Å².